The molecule has 2 N–H and O–H groups in total. The van der Waals surface area contributed by atoms with Crippen molar-refractivity contribution in [2.75, 3.05) is 6.54 Å². The van der Waals surface area contributed by atoms with E-state index in [-0.39, 0.29) is 6.54 Å². The summed E-state index contributed by atoms with van der Waals surface area (Å²) in [6.07, 6.45) is 1.56. The first kappa shape index (κ1) is 15.1. The van der Waals surface area contributed by atoms with Gasteiger partial charge in [0.25, 0.3) is 0 Å². The third-order valence-electron chi connectivity index (χ3n) is 2.07. The number of amides is 2. The summed E-state index contributed by atoms with van der Waals surface area (Å²) in [6.45, 7) is 2.40. The molecule has 0 fully saturated rings. The summed E-state index contributed by atoms with van der Waals surface area (Å²) >= 11 is 0. The van der Waals surface area contributed by atoms with Crippen molar-refractivity contribution in [1.29, 1.82) is 0 Å². The fraction of sp³-hybridized carbons (Fsp3) is 0.900. The minimum atomic E-state index is -4.65. The molecule has 0 spiro atoms. The average molecular weight is 240 g/mol. The number of unbranched alkanes of at least 4 members (excludes halogenated alkanes) is 5. The summed E-state index contributed by atoms with van der Waals surface area (Å²) in [5.74, 6) is 0. The van der Waals surface area contributed by atoms with E-state index < -0.39 is 12.3 Å². The Balaban J connectivity index is 3.28. The summed E-state index contributed by atoms with van der Waals surface area (Å²) in [7, 11) is 0. The van der Waals surface area contributed by atoms with Crippen LogP contribution in [0.3, 0.4) is 0 Å². The third-order valence-corrected chi connectivity index (χ3v) is 2.07. The molecule has 0 saturated carbocycles. The van der Waals surface area contributed by atoms with E-state index >= 15 is 0 Å². The molecule has 0 aliphatic rings. The lowest BCUT2D eigenvalue weighted by Crippen LogP contribution is -2.44. The van der Waals surface area contributed by atoms with Crippen molar-refractivity contribution in [2.45, 2.75) is 51.7 Å². The Bertz CT molecular complexity index is 195. The van der Waals surface area contributed by atoms with E-state index in [1.165, 1.54) is 6.42 Å². The first-order valence-electron chi connectivity index (χ1n) is 5.58. The highest BCUT2D eigenvalue weighted by Gasteiger charge is 2.29. The van der Waals surface area contributed by atoms with E-state index in [4.69, 9.17) is 0 Å². The van der Waals surface area contributed by atoms with Crippen LogP contribution in [0.1, 0.15) is 45.4 Å². The van der Waals surface area contributed by atoms with Crippen LogP contribution in [0.4, 0.5) is 18.0 Å². The molecule has 0 aromatic rings. The van der Waals surface area contributed by atoms with E-state index in [1.54, 1.807) is 0 Å². The second kappa shape index (κ2) is 8.24. The van der Waals surface area contributed by atoms with Crippen LogP contribution in [-0.2, 0) is 0 Å². The molecule has 96 valence electrons. The molecule has 0 aliphatic heterocycles. The average Bonchev–Trinajstić information content (AvgIpc) is 2.13. The van der Waals surface area contributed by atoms with Crippen molar-refractivity contribution in [1.82, 2.24) is 10.6 Å². The number of rotatable bonds is 7. The van der Waals surface area contributed by atoms with Gasteiger partial charge < -0.3 is 5.32 Å². The molecular weight excluding hydrogens is 221 g/mol. The second-order valence-electron chi connectivity index (χ2n) is 3.65. The number of hydrogen-bond donors (Lipinski definition) is 2. The lowest BCUT2D eigenvalue weighted by Gasteiger charge is -2.09. The number of carbonyl (C=O) groups excluding carboxylic acids is 1. The Morgan fingerprint density at radius 3 is 2.19 bits per heavy atom. The Hall–Kier alpha value is -0.940. The SMILES string of the molecule is CCCCCCCCNC(=O)NC(F)(F)F. The summed E-state index contributed by atoms with van der Waals surface area (Å²) in [4.78, 5) is 10.7. The summed E-state index contributed by atoms with van der Waals surface area (Å²) < 4.78 is 34.9. The molecule has 3 nitrogen and oxygen atoms in total. The van der Waals surface area contributed by atoms with E-state index in [0.29, 0.717) is 0 Å². The number of alkyl halides is 3. The molecule has 0 saturated heterocycles. The van der Waals surface area contributed by atoms with Crippen LogP contribution in [0.2, 0.25) is 0 Å². The second-order valence-corrected chi connectivity index (χ2v) is 3.65. The number of hydrogen-bond acceptors (Lipinski definition) is 1. The van der Waals surface area contributed by atoms with Crippen LogP contribution < -0.4 is 10.6 Å². The zero-order valence-electron chi connectivity index (χ0n) is 9.49. The first-order valence-corrected chi connectivity index (χ1v) is 5.58. The van der Waals surface area contributed by atoms with Gasteiger partial charge in [-0.1, -0.05) is 39.0 Å². The highest BCUT2D eigenvalue weighted by Crippen LogP contribution is 2.08. The van der Waals surface area contributed by atoms with Gasteiger partial charge in [-0.3, -0.25) is 0 Å². The highest BCUT2D eigenvalue weighted by molar-refractivity contribution is 5.74. The van der Waals surface area contributed by atoms with Crippen molar-refractivity contribution >= 4 is 6.03 Å². The molecule has 0 atom stereocenters. The standard InChI is InChI=1S/C10H19F3N2O/c1-2-3-4-5-6-7-8-14-9(16)15-10(11,12)13/h2-8H2,1H3,(H2,14,15,16). The van der Waals surface area contributed by atoms with E-state index in [1.807, 2.05) is 0 Å². The molecule has 0 aliphatic carbocycles. The summed E-state index contributed by atoms with van der Waals surface area (Å²) in [5, 5.41) is 3.04. The molecule has 0 aromatic heterocycles. The van der Waals surface area contributed by atoms with E-state index in [0.717, 1.165) is 37.4 Å². The molecule has 0 heterocycles. The van der Waals surface area contributed by atoms with E-state index in [9.17, 15) is 18.0 Å². The van der Waals surface area contributed by atoms with Gasteiger partial charge in [0.1, 0.15) is 0 Å². The van der Waals surface area contributed by atoms with Crippen LogP contribution >= 0.6 is 0 Å². The molecule has 0 aromatic carbocycles. The van der Waals surface area contributed by atoms with Gasteiger partial charge in [-0.25, -0.2) is 10.1 Å². The fourth-order valence-corrected chi connectivity index (χ4v) is 1.28. The Kier molecular flexibility index (Phi) is 7.76. The highest BCUT2D eigenvalue weighted by atomic mass is 19.4. The number of nitrogens with one attached hydrogen (secondary N) is 2. The van der Waals surface area contributed by atoms with Crippen LogP contribution in [0, 0.1) is 0 Å². The summed E-state index contributed by atoms with van der Waals surface area (Å²) in [6, 6.07) is -1.18. The molecule has 2 amide bonds. The largest absolute Gasteiger partial charge is 0.485 e. The molecule has 0 bridgehead atoms. The molecule has 6 heteroatoms. The quantitative estimate of drug-likeness (QED) is 0.521. The monoisotopic (exact) mass is 240 g/mol. The minimum absolute atomic E-state index is 0.286. The predicted octanol–water partition coefficient (Wildman–Crippen LogP) is 3.17. The predicted molar refractivity (Wildman–Crippen MR) is 56.0 cm³/mol. The van der Waals surface area contributed by atoms with Gasteiger partial charge in [0, 0.05) is 6.54 Å². The molecular formula is C10H19F3N2O. The van der Waals surface area contributed by atoms with Crippen molar-refractivity contribution in [2.24, 2.45) is 0 Å². The maximum absolute atomic E-state index is 11.6. The van der Waals surface area contributed by atoms with Crippen molar-refractivity contribution in [3.8, 4) is 0 Å². The number of carbonyl (C=O) groups is 1. The topological polar surface area (TPSA) is 41.1 Å². The zero-order chi connectivity index (χ0) is 12.4. The van der Waals surface area contributed by atoms with Gasteiger partial charge in [-0.2, -0.15) is 13.2 Å². The van der Waals surface area contributed by atoms with Crippen LogP contribution in [0.5, 0.6) is 0 Å². The van der Waals surface area contributed by atoms with Gasteiger partial charge in [-0.05, 0) is 6.42 Å². The van der Waals surface area contributed by atoms with Gasteiger partial charge in [-0.15, -0.1) is 0 Å². The van der Waals surface area contributed by atoms with Gasteiger partial charge in [0.05, 0.1) is 0 Å². The first-order chi connectivity index (χ1) is 7.45. The normalized spacial score (nSPS) is 11.2. The summed E-state index contributed by atoms with van der Waals surface area (Å²) in [5.41, 5.74) is 0. The smallest absolute Gasteiger partial charge is 0.338 e. The number of halogens is 3. The minimum Gasteiger partial charge on any atom is -0.338 e. The Labute approximate surface area is 93.8 Å². The maximum atomic E-state index is 11.6. The lowest BCUT2D eigenvalue weighted by molar-refractivity contribution is -0.145. The third kappa shape index (κ3) is 11.1. The molecule has 0 unspecified atom stereocenters. The Morgan fingerprint density at radius 1 is 1.06 bits per heavy atom. The molecule has 16 heavy (non-hydrogen) atoms. The Morgan fingerprint density at radius 2 is 1.62 bits per heavy atom. The fourth-order valence-electron chi connectivity index (χ4n) is 1.28. The van der Waals surface area contributed by atoms with Crippen molar-refractivity contribution in [3.05, 3.63) is 0 Å². The molecule has 0 rings (SSSR count). The lowest BCUT2D eigenvalue weighted by atomic mass is 10.1. The van der Waals surface area contributed by atoms with Gasteiger partial charge in [0.2, 0.25) is 0 Å². The number of urea groups is 1. The van der Waals surface area contributed by atoms with Crippen molar-refractivity contribution < 1.29 is 18.0 Å². The van der Waals surface area contributed by atoms with Crippen LogP contribution in [0.25, 0.3) is 0 Å². The maximum Gasteiger partial charge on any atom is 0.485 e. The van der Waals surface area contributed by atoms with E-state index in [2.05, 4.69) is 12.2 Å². The van der Waals surface area contributed by atoms with Crippen LogP contribution in [0.15, 0.2) is 0 Å². The van der Waals surface area contributed by atoms with Gasteiger partial charge in [0.15, 0.2) is 0 Å². The van der Waals surface area contributed by atoms with Crippen molar-refractivity contribution in [3.63, 3.8) is 0 Å². The van der Waals surface area contributed by atoms with Crippen LogP contribution in [-0.4, -0.2) is 18.9 Å². The van der Waals surface area contributed by atoms with Gasteiger partial charge >= 0.3 is 12.3 Å². The molecule has 0 radical (unpaired) electrons. The zero-order valence-corrected chi connectivity index (χ0v) is 9.49.